The number of H-pyrrole nitrogens is 1. The first-order valence-electron chi connectivity index (χ1n) is 5.86. The van der Waals surface area contributed by atoms with Crippen LogP contribution in [-0.2, 0) is 4.74 Å². The number of aliphatic hydroxyl groups excluding tert-OH is 2. The van der Waals surface area contributed by atoms with Crippen LogP contribution in [0, 0.1) is 5.82 Å². The van der Waals surface area contributed by atoms with Crippen molar-refractivity contribution in [3.05, 3.63) is 51.2 Å². The first-order chi connectivity index (χ1) is 9.85. The fourth-order valence-corrected chi connectivity index (χ4v) is 2.14. The molecule has 21 heavy (non-hydrogen) atoms. The number of aromatic amines is 1. The van der Waals surface area contributed by atoms with Crippen molar-refractivity contribution in [2.75, 3.05) is 6.61 Å². The molecule has 2 rings (SSSR count). The van der Waals surface area contributed by atoms with E-state index in [0.29, 0.717) is 16.8 Å². The molecule has 7 nitrogen and oxygen atoms in total. The lowest BCUT2D eigenvalue weighted by Gasteiger charge is -2.25. The van der Waals surface area contributed by atoms with Crippen molar-refractivity contribution in [3.8, 4) is 0 Å². The molecule has 1 fully saturated rings. The number of hydrogen-bond acceptors (Lipinski definition) is 5. The maximum atomic E-state index is 14.9. The third kappa shape index (κ3) is 2.36. The van der Waals surface area contributed by atoms with Crippen molar-refractivity contribution < 1.29 is 23.7 Å². The Morgan fingerprint density at radius 1 is 1.62 bits per heavy atom. The summed E-state index contributed by atoms with van der Waals surface area (Å²) in [5, 5.41) is 18.9. The fraction of sp³-hybridized carbons (Fsp3) is 0.417. The topological polar surface area (TPSA) is 105 Å². The zero-order valence-corrected chi connectivity index (χ0v) is 10.6. The maximum absolute atomic E-state index is 14.9. The molecule has 3 N–H and O–H groups in total. The van der Waals surface area contributed by atoms with Crippen LogP contribution in [0.15, 0.2) is 34.2 Å². The van der Waals surface area contributed by atoms with Crippen LogP contribution in [0.5, 0.6) is 0 Å². The summed E-state index contributed by atoms with van der Waals surface area (Å²) in [5.74, 6) is -1.33. The number of nitrogens with zero attached hydrogens (tertiary/aromatic N) is 1. The first-order valence-corrected chi connectivity index (χ1v) is 5.86. The summed E-state index contributed by atoms with van der Waals surface area (Å²) in [4.78, 5) is 24.3. The average molecular weight is 302 g/mol. The van der Waals surface area contributed by atoms with Crippen LogP contribution < -0.4 is 11.2 Å². The Bertz CT molecular complexity index is 708. The predicted molar refractivity (Wildman–Crippen MR) is 65.8 cm³/mol. The second-order valence-electron chi connectivity index (χ2n) is 4.47. The Hall–Kier alpha value is -2.06. The van der Waals surface area contributed by atoms with Gasteiger partial charge in [-0.05, 0) is 0 Å². The standard InChI is InChI=1S/C12H12F2N2O5/c1-2-3-12(14)8(18)7(5-17)21-10(12)16-4-6(13)9(19)15-11(16)20/h3-4,7-8,10,17-18H,1,5H2,(H,15,19,20)/t7-,8-,10-,12-/m1/s1. The molecule has 0 bridgehead atoms. The van der Waals surface area contributed by atoms with E-state index in [1.54, 1.807) is 4.98 Å². The highest BCUT2D eigenvalue weighted by molar-refractivity contribution is 5.14. The largest absolute Gasteiger partial charge is 0.394 e. The summed E-state index contributed by atoms with van der Waals surface area (Å²) in [6, 6.07) is 0. The minimum absolute atomic E-state index is 0.448. The molecule has 1 aromatic heterocycles. The van der Waals surface area contributed by atoms with Gasteiger partial charge in [0.1, 0.15) is 12.2 Å². The lowest BCUT2D eigenvalue weighted by molar-refractivity contribution is -0.0560. The van der Waals surface area contributed by atoms with Gasteiger partial charge in [-0.25, -0.2) is 9.18 Å². The molecule has 1 aliphatic heterocycles. The highest BCUT2D eigenvalue weighted by atomic mass is 19.1. The van der Waals surface area contributed by atoms with E-state index < -0.39 is 47.8 Å². The number of ether oxygens (including phenoxy) is 1. The molecule has 0 radical (unpaired) electrons. The van der Waals surface area contributed by atoms with E-state index in [9.17, 15) is 23.5 Å². The molecular weight excluding hydrogens is 290 g/mol. The Morgan fingerprint density at radius 3 is 2.86 bits per heavy atom. The molecule has 1 aliphatic rings. The summed E-state index contributed by atoms with van der Waals surface area (Å²) in [5.41, 5.74) is -2.95. The SMILES string of the molecule is C=C=C[C@@]1(F)[C@H](O)[C@@H](CO)O[C@H]1n1cc(F)c(=O)[nH]c1=O. The quantitative estimate of drug-likeness (QED) is 0.620. The molecule has 0 saturated carbocycles. The second-order valence-corrected chi connectivity index (χ2v) is 4.47. The van der Waals surface area contributed by atoms with Crippen molar-refractivity contribution in [2.45, 2.75) is 24.1 Å². The first kappa shape index (κ1) is 15.3. The van der Waals surface area contributed by atoms with Gasteiger partial charge < -0.3 is 14.9 Å². The zero-order valence-electron chi connectivity index (χ0n) is 10.6. The molecule has 2 heterocycles. The van der Waals surface area contributed by atoms with Crippen LogP contribution in [0.25, 0.3) is 0 Å². The number of alkyl halides is 1. The summed E-state index contributed by atoms with van der Waals surface area (Å²) in [6.45, 7) is 2.44. The molecule has 0 spiro atoms. The third-order valence-corrected chi connectivity index (χ3v) is 3.17. The Labute approximate surface area is 116 Å². The van der Waals surface area contributed by atoms with Crippen molar-refractivity contribution >= 4 is 0 Å². The van der Waals surface area contributed by atoms with E-state index in [4.69, 9.17) is 9.84 Å². The van der Waals surface area contributed by atoms with E-state index in [1.807, 2.05) is 0 Å². The number of halogens is 2. The van der Waals surface area contributed by atoms with Crippen LogP contribution in [0.4, 0.5) is 8.78 Å². The monoisotopic (exact) mass is 302 g/mol. The van der Waals surface area contributed by atoms with Crippen molar-refractivity contribution in [2.24, 2.45) is 0 Å². The van der Waals surface area contributed by atoms with E-state index in [2.05, 4.69) is 12.3 Å². The van der Waals surface area contributed by atoms with Gasteiger partial charge in [-0.2, -0.15) is 4.39 Å². The van der Waals surface area contributed by atoms with Crippen LogP contribution >= 0.6 is 0 Å². The summed E-state index contributed by atoms with van der Waals surface area (Å²) >= 11 is 0. The van der Waals surface area contributed by atoms with E-state index in [0.717, 1.165) is 0 Å². The minimum Gasteiger partial charge on any atom is -0.394 e. The molecule has 114 valence electrons. The Kier molecular flexibility index (Phi) is 3.93. The van der Waals surface area contributed by atoms with Gasteiger partial charge in [0, 0.05) is 6.08 Å². The number of aliphatic hydroxyl groups is 2. The van der Waals surface area contributed by atoms with Gasteiger partial charge in [0.15, 0.2) is 6.23 Å². The minimum atomic E-state index is -2.68. The lowest BCUT2D eigenvalue weighted by Crippen LogP contribution is -2.45. The zero-order chi connectivity index (χ0) is 15.8. The molecule has 9 heteroatoms. The smallest absolute Gasteiger partial charge is 0.330 e. The van der Waals surface area contributed by atoms with E-state index >= 15 is 0 Å². The molecule has 1 aromatic rings. The summed E-state index contributed by atoms with van der Waals surface area (Å²) in [7, 11) is 0. The molecule has 0 amide bonds. The fourth-order valence-electron chi connectivity index (χ4n) is 2.14. The van der Waals surface area contributed by atoms with Gasteiger partial charge in [0.05, 0.1) is 12.8 Å². The number of nitrogens with one attached hydrogen (secondary N) is 1. The van der Waals surface area contributed by atoms with E-state index in [-0.39, 0.29) is 0 Å². The van der Waals surface area contributed by atoms with Gasteiger partial charge in [0.25, 0.3) is 5.56 Å². The second kappa shape index (κ2) is 5.38. The van der Waals surface area contributed by atoms with Gasteiger partial charge in [-0.3, -0.25) is 14.3 Å². The van der Waals surface area contributed by atoms with Crippen LogP contribution in [0.3, 0.4) is 0 Å². The normalized spacial score (nSPS) is 31.9. The number of hydrogen-bond donors (Lipinski definition) is 3. The summed E-state index contributed by atoms with van der Waals surface area (Å²) in [6.07, 6.45) is -3.79. The van der Waals surface area contributed by atoms with Crippen molar-refractivity contribution in [1.29, 1.82) is 0 Å². The highest BCUT2D eigenvalue weighted by Crippen LogP contribution is 2.41. The number of rotatable bonds is 3. The number of aromatic nitrogens is 2. The van der Waals surface area contributed by atoms with E-state index in [1.165, 1.54) is 0 Å². The predicted octanol–water partition coefficient (Wildman–Crippen LogP) is -1.02. The van der Waals surface area contributed by atoms with Gasteiger partial charge >= 0.3 is 5.69 Å². The average Bonchev–Trinajstić information content (AvgIpc) is 2.67. The molecule has 4 atom stereocenters. The highest BCUT2D eigenvalue weighted by Gasteiger charge is 2.57. The molecule has 0 unspecified atom stereocenters. The van der Waals surface area contributed by atoms with Crippen molar-refractivity contribution in [1.82, 2.24) is 9.55 Å². The lowest BCUT2D eigenvalue weighted by atomic mass is 9.96. The summed E-state index contributed by atoms with van der Waals surface area (Å²) < 4.78 is 33.7. The molecule has 0 aliphatic carbocycles. The van der Waals surface area contributed by atoms with Crippen molar-refractivity contribution in [3.63, 3.8) is 0 Å². The van der Waals surface area contributed by atoms with Gasteiger partial charge in [-0.1, -0.05) is 6.58 Å². The van der Waals surface area contributed by atoms with Gasteiger partial charge in [0.2, 0.25) is 11.5 Å². The maximum Gasteiger partial charge on any atom is 0.330 e. The van der Waals surface area contributed by atoms with Crippen LogP contribution in [-0.4, -0.2) is 44.2 Å². The molecule has 0 aromatic carbocycles. The van der Waals surface area contributed by atoms with Crippen LogP contribution in [0.1, 0.15) is 6.23 Å². The molecular formula is C12H12F2N2O5. The van der Waals surface area contributed by atoms with Gasteiger partial charge in [-0.15, -0.1) is 5.73 Å². The third-order valence-electron chi connectivity index (χ3n) is 3.17. The Balaban J connectivity index is 2.61. The Morgan fingerprint density at radius 2 is 2.29 bits per heavy atom. The molecule has 1 saturated heterocycles. The van der Waals surface area contributed by atoms with Crippen LogP contribution in [0.2, 0.25) is 0 Å².